The molecular formula is C19H20Cl3N3O2. The second-order valence-corrected chi connectivity index (χ2v) is 7.62. The SMILES string of the molecule is Cc1cc(Cl)cc(Cl)c1OCC(=O)N1CCN(c2c(N)cccc2Cl)CC1. The molecule has 1 aliphatic heterocycles. The lowest BCUT2D eigenvalue weighted by atomic mass is 10.2. The fraction of sp³-hybridized carbons (Fsp3) is 0.316. The third kappa shape index (κ3) is 4.54. The number of anilines is 2. The number of aryl methyl sites for hydroxylation is 1. The highest BCUT2D eigenvalue weighted by Gasteiger charge is 2.24. The maximum absolute atomic E-state index is 12.5. The Labute approximate surface area is 173 Å². The van der Waals surface area contributed by atoms with Gasteiger partial charge in [0, 0.05) is 31.2 Å². The monoisotopic (exact) mass is 427 g/mol. The van der Waals surface area contributed by atoms with Crippen LogP contribution in [-0.4, -0.2) is 43.6 Å². The Bertz CT molecular complexity index is 809. The summed E-state index contributed by atoms with van der Waals surface area (Å²) in [5, 5.41) is 1.55. The number of ether oxygens (including phenoxy) is 1. The third-order valence-electron chi connectivity index (χ3n) is 4.50. The van der Waals surface area contributed by atoms with Crippen molar-refractivity contribution < 1.29 is 9.53 Å². The number of para-hydroxylation sites is 1. The summed E-state index contributed by atoms with van der Waals surface area (Å²) in [4.78, 5) is 16.4. The van der Waals surface area contributed by atoms with E-state index in [9.17, 15) is 4.79 Å². The number of piperazine rings is 1. The molecule has 8 heteroatoms. The maximum atomic E-state index is 12.5. The van der Waals surface area contributed by atoms with Crippen molar-refractivity contribution in [2.24, 2.45) is 0 Å². The zero-order chi connectivity index (χ0) is 19.6. The van der Waals surface area contributed by atoms with E-state index in [0.29, 0.717) is 52.7 Å². The molecule has 5 nitrogen and oxygen atoms in total. The molecule has 1 saturated heterocycles. The number of nitrogens with zero attached hydrogens (tertiary/aromatic N) is 2. The van der Waals surface area contributed by atoms with Crippen molar-refractivity contribution in [2.45, 2.75) is 6.92 Å². The lowest BCUT2D eigenvalue weighted by molar-refractivity contribution is -0.133. The molecule has 1 fully saturated rings. The van der Waals surface area contributed by atoms with Gasteiger partial charge in [0.25, 0.3) is 5.91 Å². The molecule has 2 N–H and O–H groups in total. The van der Waals surface area contributed by atoms with E-state index < -0.39 is 0 Å². The molecule has 0 aliphatic carbocycles. The van der Waals surface area contributed by atoms with Crippen molar-refractivity contribution in [3.63, 3.8) is 0 Å². The molecule has 2 aromatic rings. The Morgan fingerprint density at radius 2 is 1.81 bits per heavy atom. The number of carbonyl (C=O) groups excluding carboxylic acids is 1. The van der Waals surface area contributed by atoms with Crippen molar-refractivity contribution in [2.75, 3.05) is 43.4 Å². The van der Waals surface area contributed by atoms with E-state index in [1.54, 1.807) is 17.0 Å². The summed E-state index contributed by atoms with van der Waals surface area (Å²) in [5.74, 6) is 0.393. The van der Waals surface area contributed by atoms with Gasteiger partial charge < -0.3 is 20.3 Å². The van der Waals surface area contributed by atoms with Crippen molar-refractivity contribution >= 4 is 52.1 Å². The number of benzene rings is 2. The Kier molecular flexibility index (Phi) is 6.25. The van der Waals surface area contributed by atoms with Crippen LogP contribution in [0.15, 0.2) is 30.3 Å². The average Bonchev–Trinajstić information content (AvgIpc) is 2.61. The lowest BCUT2D eigenvalue weighted by Crippen LogP contribution is -2.50. The zero-order valence-electron chi connectivity index (χ0n) is 14.8. The number of amides is 1. The van der Waals surface area contributed by atoms with E-state index in [1.165, 1.54) is 0 Å². The number of carbonyl (C=O) groups is 1. The van der Waals surface area contributed by atoms with Gasteiger partial charge >= 0.3 is 0 Å². The molecule has 1 aliphatic rings. The molecule has 0 saturated carbocycles. The number of nitrogen functional groups attached to an aromatic ring is 1. The molecule has 0 unspecified atom stereocenters. The summed E-state index contributed by atoms with van der Waals surface area (Å²) < 4.78 is 5.65. The minimum atomic E-state index is -0.0906. The second-order valence-electron chi connectivity index (χ2n) is 6.37. The number of hydrogen-bond acceptors (Lipinski definition) is 4. The van der Waals surface area contributed by atoms with E-state index in [-0.39, 0.29) is 12.5 Å². The lowest BCUT2D eigenvalue weighted by Gasteiger charge is -2.37. The highest BCUT2D eigenvalue weighted by Crippen LogP contribution is 2.33. The highest BCUT2D eigenvalue weighted by molar-refractivity contribution is 6.35. The van der Waals surface area contributed by atoms with Crippen LogP contribution in [0.4, 0.5) is 11.4 Å². The van der Waals surface area contributed by atoms with Crippen LogP contribution in [0.1, 0.15) is 5.56 Å². The molecule has 2 aromatic carbocycles. The molecule has 0 bridgehead atoms. The van der Waals surface area contributed by atoms with E-state index in [4.69, 9.17) is 45.3 Å². The largest absolute Gasteiger partial charge is 0.482 e. The first kappa shape index (κ1) is 19.9. The minimum Gasteiger partial charge on any atom is -0.482 e. The van der Waals surface area contributed by atoms with Crippen LogP contribution < -0.4 is 15.4 Å². The van der Waals surface area contributed by atoms with E-state index in [0.717, 1.165) is 11.3 Å². The number of rotatable bonds is 4. The summed E-state index contributed by atoms with van der Waals surface area (Å²) in [6.07, 6.45) is 0. The van der Waals surface area contributed by atoms with Crippen LogP contribution in [0.25, 0.3) is 0 Å². The minimum absolute atomic E-state index is 0.0730. The molecule has 27 heavy (non-hydrogen) atoms. The molecular weight excluding hydrogens is 409 g/mol. The molecule has 1 amide bonds. The Morgan fingerprint density at radius 1 is 1.11 bits per heavy atom. The predicted octanol–water partition coefficient (Wildman–Crippen LogP) is 4.27. The van der Waals surface area contributed by atoms with Gasteiger partial charge in [-0.05, 0) is 36.8 Å². The Morgan fingerprint density at radius 3 is 2.44 bits per heavy atom. The standard InChI is InChI=1S/C19H20Cl3N3O2/c1-12-9-13(20)10-15(22)19(12)27-11-17(26)24-5-7-25(8-6-24)18-14(21)3-2-4-16(18)23/h2-4,9-10H,5-8,11,23H2,1H3. The predicted molar refractivity (Wildman–Crippen MR) is 111 cm³/mol. The fourth-order valence-electron chi connectivity index (χ4n) is 3.14. The van der Waals surface area contributed by atoms with Gasteiger partial charge in [-0.25, -0.2) is 0 Å². The molecule has 144 valence electrons. The van der Waals surface area contributed by atoms with Gasteiger partial charge in [-0.2, -0.15) is 0 Å². The van der Waals surface area contributed by atoms with Gasteiger partial charge in [0.2, 0.25) is 0 Å². The van der Waals surface area contributed by atoms with E-state index in [1.807, 2.05) is 25.1 Å². The first-order valence-corrected chi connectivity index (χ1v) is 9.65. The van der Waals surface area contributed by atoms with Gasteiger partial charge in [0.15, 0.2) is 6.61 Å². The number of nitrogens with two attached hydrogens (primary N) is 1. The molecule has 1 heterocycles. The number of halogens is 3. The Hall–Kier alpha value is -1.82. The number of hydrogen-bond donors (Lipinski definition) is 1. The summed E-state index contributed by atoms with van der Waals surface area (Å²) in [5.41, 5.74) is 8.30. The van der Waals surface area contributed by atoms with Crippen molar-refractivity contribution in [1.82, 2.24) is 4.90 Å². The summed E-state index contributed by atoms with van der Waals surface area (Å²) in [6, 6.07) is 8.81. The molecule has 0 atom stereocenters. The summed E-state index contributed by atoms with van der Waals surface area (Å²) in [7, 11) is 0. The third-order valence-corrected chi connectivity index (χ3v) is 5.30. The summed E-state index contributed by atoms with van der Waals surface area (Å²) >= 11 is 18.4. The van der Waals surface area contributed by atoms with Crippen LogP contribution in [0, 0.1) is 6.92 Å². The smallest absolute Gasteiger partial charge is 0.260 e. The van der Waals surface area contributed by atoms with Gasteiger partial charge in [-0.15, -0.1) is 0 Å². The van der Waals surface area contributed by atoms with Gasteiger partial charge in [-0.1, -0.05) is 40.9 Å². The van der Waals surface area contributed by atoms with Crippen LogP contribution in [0.2, 0.25) is 15.1 Å². The van der Waals surface area contributed by atoms with Crippen LogP contribution in [0.3, 0.4) is 0 Å². The first-order valence-electron chi connectivity index (χ1n) is 8.52. The van der Waals surface area contributed by atoms with Crippen LogP contribution >= 0.6 is 34.8 Å². The maximum Gasteiger partial charge on any atom is 0.260 e. The average molecular weight is 429 g/mol. The quantitative estimate of drug-likeness (QED) is 0.739. The fourth-order valence-corrected chi connectivity index (χ4v) is 4.09. The Balaban J connectivity index is 1.58. The topological polar surface area (TPSA) is 58.8 Å². The van der Waals surface area contributed by atoms with Gasteiger partial charge in [0.05, 0.1) is 21.4 Å². The van der Waals surface area contributed by atoms with Crippen molar-refractivity contribution in [1.29, 1.82) is 0 Å². The zero-order valence-corrected chi connectivity index (χ0v) is 17.1. The van der Waals surface area contributed by atoms with E-state index in [2.05, 4.69) is 4.90 Å². The molecule has 0 radical (unpaired) electrons. The van der Waals surface area contributed by atoms with Crippen LogP contribution in [-0.2, 0) is 4.79 Å². The molecule has 0 spiro atoms. The molecule has 3 rings (SSSR count). The van der Waals surface area contributed by atoms with Gasteiger partial charge in [-0.3, -0.25) is 4.79 Å². The highest BCUT2D eigenvalue weighted by atomic mass is 35.5. The second kappa shape index (κ2) is 8.46. The first-order chi connectivity index (χ1) is 12.9. The summed E-state index contributed by atoms with van der Waals surface area (Å²) in [6.45, 7) is 4.21. The van der Waals surface area contributed by atoms with E-state index >= 15 is 0 Å². The van der Waals surface area contributed by atoms with Crippen molar-refractivity contribution in [3.05, 3.63) is 51.0 Å². The normalized spacial score (nSPS) is 14.4. The van der Waals surface area contributed by atoms with Crippen LogP contribution in [0.5, 0.6) is 5.75 Å². The molecule has 0 aromatic heterocycles. The van der Waals surface area contributed by atoms with Crippen molar-refractivity contribution in [3.8, 4) is 5.75 Å². The van der Waals surface area contributed by atoms with Gasteiger partial charge in [0.1, 0.15) is 5.75 Å².